The van der Waals surface area contributed by atoms with Gasteiger partial charge >= 0.3 is 6.09 Å². The fourth-order valence-electron chi connectivity index (χ4n) is 3.40. The van der Waals surface area contributed by atoms with Gasteiger partial charge < -0.3 is 26.2 Å². The summed E-state index contributed by atoms with van der Waals surface area (Å²) in [4.78, 5) is 37.8. The van der Waals surface area contributed by atoms with Crippen LogP contribution in [0.5, 0.6) is 0 Å². The molecule has 1 aliphatic rings. The van der Waals surface area contributed by atoms with E-state index >= 15 is 0 Å². The fourth-order valence-corrected chi connectivity index (χ4v) is 3.59. The third-order valence-corrected chi connectivity index (χ3v) is 5.58. The molecule has 2 amide bonds. The van der Waals surface area contributed by atoms with Crippen LogP contribution in [0.2, 0.25) is 5.02 Å². The summed E-state index contributed by atoms with van der Waals surface area (Å²) in [6.45, 7) is 6.26. The van der Waals surface area contributed by atoms with Crippen molar-refractivity contribution >= 4 is 29.4 Å². The predicted molar refractivity (Wildman–Crippen MR) is 117 cm³/mol. The normalized spacial score (nSPS) is 20.7. The lowest BCUT2D eigenvalue weighted by atomic mass is 9.84. The number of carbonyl (C=O) groups excluding carboxylic acids is 2. The van der Waals surface area contributed by atoms with E-state index in [9.17, 15) is 19.5 Å². The number of ketones is 1. The Balaban J connectivity index is 1.96. The van der Waals surface area contributed by atoms with Crippen molar-refractivity contribution in [3.05, 3.63) is 34.3 Å². The van der Waals surface area contributed by atoms with E-state index in [0.717, 1.165) is 0 Å². The van der Waals surface area contributed by atoms with Gasteiger partial charge in [0.15, 0.2) is 5.78 Å². The van der Waals surface area contributed by atoms with Crippen LogP contribution in [-0.4, -0.2) is 71.2 Å². The maximum atomic E-state index is 12.7. The Morgan fingerprint density at radius 3 is 2.45 bits per heavy atom. The Morgan fingerprint density at radius 2 is 1.87 bits per heavy atom. The van der Waals surface area contributed by atoms with Crippen LogP contribution >= 0.6 is 11.6 Å². The largest absolute Gasteiger partial charge is 0.465 e. The Kier molecular flexibility index (Phi) is 8.41. The van der Waals surface area contributed by atoms with Crippen molar-refractivity contribution in [1.82, 2.24) is 20.9 Å². The molecule has 1 saturated heterocycles. The Morgan fingerprint density at radius 1 is 1.23 bits per heavy atom. The van der Waals surface area contributed by atoms with Crippen molar-refractivity contribution < 1.29 is 24.6 Å². The Bertz CT molecular complexity index is 826. The Labute approximate surface area is 187 Å². The van der Waals surface area contributed by atoms with E-state index < -0.39 is 29.7 Å². The highest BCUT2D eigenvalue weighted by Gasteiger charge is 2.39. The molecule has 0 radical (unpaired) electrons. The van der Waals surface area contributed by atoms with Gasteiger partial charge in [-0.25, -0.2) is 4.79 Å². The van der Waals surface area contributed by atoms with Gasteiger partial charge in [0.1, 0.15) is 6.10 Å². The first-order valence-corrected chi connectivity index (χ1v) is 10.4. The Hall–Kier alpha value is -2.20. The number of nitrogens with zero attached hydrogens (tertiary/aromatic N) is 1. The van der Waals surface area contributed by atoms with Gasteiger partial charge in [-0.2, -0.15) is 0 Å². The topological polar surface area (TPSA) is 131 Å². The summed E-state index contributed by atoms with van der Waals surface area (Å²) in [5.74, 6) is -0.512. The number of Topliss-reactive ketones (excluding diaryl/α,β-unsaturated/α-hetero) is 1. The minimum absolute atomic E-state index is 0.0992. The minimum Gasteiger partial charge on any atom is -0.465 e. The van der Waals surface area contributed by atoms with E-state index in [4.69, 9.17) is 16.7 Å². The number of aliphatic hydroxyl groups excluding tert-OH is 1. The van der Waals surface area contributed by atoms with Crippen LogP contribution in [-0.2, 0) is 22.7 Å². The van der Waals surface area contributed by atoms with Crippen molar-refractivity contribution in [3.63, 3.8) is 0 Å². The highest BCUT2D eigenvalue weighted by atomic mass is 35.5. The number of rotatable bonds is 7. The molecule has 1 fully saturated rings. The standard InChI is InChI=1S/C21H31ClN4O5/c1-21(2,3)18(28)17(27)16-10-23-15(11-26(16)4)19(29)24-9-13-7-14(22)6-5-12(13)8-25-20(30)31/h5-7,15-16,18,23,25,28H,8-11H2,1-4H3,(H,24,29)(H,30,31)/t15?,16?,18-/m0/s1. The molecule has 10 heteroatoms. The van der Waals surface area contributed by atoms with Crippen molar-refractivity contribution in [1.29, 1.82) is 0 Å². The quantitative estimate of drug-likeness (QED) is 0.415. The second-order valence-electron chi connectivity index (χ2n) is 8.88. The van der Waals surface area contributed by atoms with Crippen molar-refractivity contribution in [2.75, 3.05) is 20.1 Å². The maximum Gasteiger partial charge on any atom is 0.404 e. The number of amides is 2. The first kappa shape index (κ1) is 25.1. The van der Waals surface area contributed by atoms with E-state index in [1.807, 2.05) is 0 Å². The van der Waals surface area contributed by atoms with E-state index in [-0.39, 0.29) is 31.3 Å². The third kappa shape index (κ3) is 6.90. The molecule has 3 atom stereocenters. The minimum atomic E-state index is -1.14. The molecule has 9 nitrogen and oxygen atoms in total. The number of benzene rings is 1. The van der Waals surface area contributed by atoms with E-state index in [0.29, 0.717) is 22.7 Å². The lowest BCUT2D eigenvalue weighted by Crippen LogP contribution is -2.63. The van der Waals surface area contributed by atoms with Crippen LogP contribution in [0.1, 0.15) is 31.9 Å². The second kappa shape index (κ2) is 10.4. The number of hydrogen-bond acceptors (Lipinski definition) is 6. The van der Waals surface area contributed by atoms with E-state index in [2.05, 4.69) is 16.0 Å². The molecule has 0 bridgehead atoms. The highest BCUT2D eigenvalue weighted by Crippen LogP contribution is 2.22. The molecule has 1 aliphatic heterocycles. The molecule has 0 aromatic heterocycles. The van der Waals surface area contributed by atoms with Crippen molar-refractivity contribution in [2.24, 2.45) is 5.41 Å². The average Bonchev–Trinajstić information content (AvgIpc) is 2.69. The zero-order valence-corrected chi connectivity index (χ0v) is 19.0. The molecule has 172 valence electrons. The first-order chi connectivity index (χ1) is 14.4. The monoisotopic (exact) mass is 454 g/mol. The van der Waals surface area contributed by atoms with Gasteiger partial charge in [-0.1, -0.05) is 38.4 Å². The van der Waals surface area contributed by atoms with Gasteiger partial charge in [-0.05, 0) is 35.7 Å². The summed E-state index contributed by atoms with van der Waals surface area (Å²) >= 11 is 6.05. The van der Waals surface area contributed by atoms with Crippen molar-refractivity contribution in [2.45, 2.75) is 52.0 Å². The predicted octanol–water partition coefficient (Wildman–Crippen LogP) is 0.972. The summed E-state index contributed by atoms with van der Waals surface area (Å²) in [6.07, 6.45) is -2.23. The van der Waals surface area contributed by atoms with Crippen LogP contribution in [0.4, 0.5) is 4.79 Å². The molecule has 0 saturated carbocycles. The molecular weight excluding hydrogens is 424 g/mol. The summed E-state index contributed by atoms with van der Waals surface area (Å²) in [5, 5.41) is 27.8. The number of hydrogen-bond donors (Lipinski definition) is 5. The third-order valence-electron chi connectivity index (χ3n) is 5.35. The molecule has 0 spiro atoms. The number of likely N-dealkylation sites (N-methyl/N-ethyl adjacent to an activating group) is 1. The molecule has 2 unspecified atom stereocenters. The van der Waals surface area contributed by atoms with Gasteiger partial charge in [0.2, 0.25) is 5.91 Å². The van der Waals surface area contributed by atoms with E-state index in [1.54, 1.807) is 50.9 Å². The zero-order valence-electron chi connectivity index (χ0n) is 18.2. The van der Waals surface area contributed by atoms with Gasteiger partial charge in [-0.3, -0.25) is 14.5 Å². The van der Waals surface area contributed by atoms with Crippen LogP contribution in [0.25, 0.3) is 0 Å². The van der Waals surface area contributed by atoms with Crippen LogP contribution in [0.3, 0.4) is 0 Å². The summed E-state index contributed by atoms with van der Waals surface area (Å²) in [6, 6.07) is 4.01. The molecule has 5 N–H and O–H groups in total. The molecule has 1 aromatic rings. The van der Waals surface area contributed by atoms with Gasteiger partial charge in [0, 0.05) is 31.2 Å². The average molecular weight is 455 g/mol. The number of nitrogens with one attached hydrogen (secondary N) is 3. The van der Waals surface area contributed by atoms with Gasteiger partial charge in [0.25, 0.3) is 0 Å². The summed E-state index contributed by atoms with van der Waals surface area (Å²) in [7, 11) is 1.76. The van der Waals surface area contributed by atoms with Crippen LogP contribution < -0.4 is 16.0 Å². The highest BCUT2D eigenvalue weighted by molar-refractivity contribution is 6.30. The second-order valence-corrected chi connectivity index (χ2v) is 9.31. The van der Waals surface area contributed by atoms with Gasteiger partial charge in [-0.15, -0.1) is 0 Å². The first-order valence-electron chi connectivity index (χ1n) is 10.1. The summed E-state index contributed by atoms with van der Waals surface area (Å²) < 4.78 is 0. The number of carbonyl (C=O) groups is 3. The number of carboxylic acid groups (broad SMARTS) is 1. The van der Waals surface area contributed by atoms with Crippen molar-refractivity contribution in [3.8, 4) is 0 Å². The molecule has 1 heterocycles. The zero-order chi connectivity index (χ0) is 23.3. The number of aliphatic hydroxyl groups is 1. The van der Waals surface area contributed by atoms with Gasteiger partial charge in [0.05, 0.1) is 12.1 Å². The fraction of sp³-hybridized carbons (Fsp3) is 0.571. The summed E-state index contributed by atoms with van der Waals surface area (Å²) in [5.41, 5.74) is 0.860. The molecule has 2 rings (SSSR count). The molecule has 0 aliphatic carbocycles. The molecule has 31 heavy (non-hydrogen) atoms. The lowest BCUT2D eigenvalue weighted by Gasteiger charge is -2.39. The van der Waals surface area contributed by atoms with Crippen LogP contribution in [0, 0.1) is 5.41 Å². The van der Waals surface area contributed by atoms with Crippen LogP contribution in [0.15, 0.2) is 18.2 Å². The lowest BCUT2D eigenvalue weighted by molar-refractivity contribution is -0.139. The number of halogens is 1. The maximum absolute atomic E-state index is 12.7. The number of piperazine rings is 1. The SMILES string of the molecule is CN1CC(C(=O)NCc2cc(Cl)ccc2CNC(=O)O)NCC1C(=O)[C@H](O)C(C)(C)C. The smallest absolute Gasteiger partial charge is 0.404 e. The van der Waals surface area contributed by atoms with E-state index in [1.165, 1.54) is 0 Å². The molecule has 1 aromatic carbocycles. The molecular formula is C21H31ClN4O5.